The Hall–Kier alpha value is -2.96. The Morgan fingerprint density at radius 3 is 2.00 bits per heavy atom. The molecule has 2 unspecified atom stereocenters. The molecule has 3 aromatic heterocycles. The van der Waals surface area contributed by atoms with Gasteiger partial charge in [0, 0.05) is 30.9 Å². The highest BCUT2D eigenvalue weighted by molar-refractivity contribution is 14.1. The largest absolute Gasteiger partial charge is 0.385 e. The predicted octanol–water partition coefficient (Wildman–Crippen LogP) is 5.79. The molecule has 2 aromatic carbocycles. The van der Waals surface area contributed by atoms with Crippen molar-refractivity contribution in [1.29, 1.82) is 0 Å². The summed E-state index contributed by atoms with van der Waals surface area (Å²) in [6.07, 6.45) is 2.57. The molecule has 5 rings (SSSR count). The molecule has 2 atom stereocenters. The van der Waals surface area contributed by atoms with Crippen LogP contribution < -0.4 is 5.32 Å². The molecule has 10 heteroatoms. The number of nitrogens with zero attached hydrogens (tertiary/aromatic N) is 6. The summed E-state index contributed by atoms with van der Waals surface area (Å²) in [5, 5.41) is 42.1. The highest BCUT2D eigenvalue weighted by atomic mass is 127. The van der Waals surface area contributed by atoms with Crippen LogP contribution in [0, 0.1) is 10.6 Å². The molecule has 9 nitrogen and oxygen atoms in total. The van der Waals surface area contributed by atoms with Gasteiger partial charge < -0.3 is 15.5 Å². The van der Waals surface area contributed by atoms with E-state index in [1.54, 1.807) is 13.8 Å². The van der Waals surface area contributed by atoms with Crippen LogP contribution >= 0.6 is 22.6 Å². The Morgan fingerprint density at radius 2 is 1.44 bits per heavy atom. The van der Waals surface area contributed by atoms with E-state index in [0.29, 0.717) is 18.7 Å². The molecule has 0 aliphatic heterocycles. The molecule has 206 valence electrons. The number of fused-ring (bicyclic) bond motifs is 2. The number of benzene rings is 2. The molecule has 0 radical (unpaired) electrons. The number of aryl methyl sites for hydroxylation is 2. The smallest absolute Gasteiger partial charge is 0.160 e. The maximum atomic E-state index is 11.6. The zero-order chi connectivity index (χ0) is 28.3. The Labute approximate surface area is 242 Å². The van der Waals surface area contributed by atoms with Crippen LogP contribution in [0.4, 0.5) is 11.5 Å². The summed E-state index contributed by atoms with van der Waals surface area (Å²) < 4.78 is 6.55. The lowest BCUT2D eigenvalue weighted by Crippen LogP contribution is -2.28. The molecule has 39 heavy (non-hydrogen) atoms. The van der Waals surface area contributed by atoms with Gasteiger partial charge in [0.15, 0.2) is 5.82 Å². The van der Waals surface area contributed by atoms with E-state index in [9.17, 15) is 10.2 Å². The first kappa shape index (κ1) is 27.6. The van der Waals surface area contributed by atoms with E-state index in [1.807, 2.05) is 77.7 Å². The summed E-state index contributed by atoms with van der Waals surface area (Å²) in [5.74, 6) is 0.711. The lowest BCUT2D eigenvalue weighted by atomic mass is 9.83. The van der Waals surface area contributed by atoms with Gasteiger partial charge in [-0.15, -0.1) is 0 Å². The lowest BCUT2D eigenvalue weighted by Gasteiger charge is -2.30. The van der Waals surface area contributed by atoms with E-state index >= 15 is 0 Å². The fourth-order valence-corrected chi connectivity index (χ4v) is 5.98. The van der Waals surface area contributed by atoms with Gasteiger partial charge in [0.25, 0.3) is 0 Å². The van der Waals surface area contributed by atoms with Gasteiger partial charge in [-0.25, -0.2) is 0 Å². The molecule has 3 N–H and O–H groups in total. The van der Waals surface area contributed by atoms with Gasteiger partial charge in [0.1, 0.15) is 3.70 Å². The first-order chi connectivity index (χ1) is 18.3. The zero-order valence-electron chi connectivity index (χ0n) is 23.5. The second-order valence-electron chi connectivity index (χ2n) is 11.2. The Kier molecular flexibility index (Phi) is 7.01. The Balaban J connectivity index is 1.40. The number of hydrogen-bond acceptors (Lipinski definition) is 6. The van der Waals surface area contributed by atoms with E-state index in [4.69, 9.17) is 5.10 Å². The van der Waals surface area contributed by atoms with E-state index in [1.165, 1.54) is 0 Å². The molecule has 0 aliphatic carbocycles. The summed E-state index contributed by atoms with van der Waals surface area (Å²) in [6.45, 7) is 9.85. The monoisotopic (exact) mass is 641 g/mol. The van der Waals surface area contributed by atoms with E-state index in [2.05, 4.69) is 52.0 Å². The third-order valence-electron chi connectivity index (χ3n) is 7.78. The maximum Gasteiger partial charge on any atom is 0.160 e. The first-order valence-electron chi connectivity index (χ1n) is 13.1. The minimum Gasteiger partial charge on any atom is -0.385 e. The molecule has 0 saturated carbocycles. The average molecular weight is 642 g/mol. The normalized spacial score (nSPS) is 15.3. The summed E-state index contributed by atoms with van der Waals surface area (Å²) >= 11 is 2.22. The standard InChI is InChI=1S/C29H36IN7O2/c1-17(2)37-18(3)23(16-31-37)32-27-22-15-20(9-11-25(22)36(7)34-27)29(5,39)13-12-28(4,38)19-8-10-24-21(14-19)26(30)33-35(24)6/h8-11,14-17,38-39H,12-13H2,1-7H3,(H,32,34). The average Bonchev–Trinajstić information content (AvgIpc) is 3.51. The van der Waals surface area contributed by atoms with Gasteiger partial charge in [0.05, 0.1) is 39.8 Å². The van der Waals surface area contributed by atoms with Crippen LogP contribution in [0.15, 0.2) is 42.6 Å². The fraction of sp³-hybridized carbons (Fsp3) is 0.414. The number of anilines is 2. The molecular weight excluding hydrogens is 605 g/mol. The molecule has 0 fully saturated rings. The lowest BCUT2D eigenvalue weighted by molar-refractivity contribution is -0.00762. The highest BCUT2D eigenvalue weighted by Gasteiger charge is 2.31. The SMILES string of the molecule is Cc1c(Nc2nn(C)c3ccc(C(C)(O)CCC(C)(O)c4ccc5c(c4)c(I)nn5C)cc23)cnn1C(C)C. The van der Waals surface area contributed by atoms with Crippen LogP contribution in [0.25, 0.3) is 21.8 Å². The van der Waals surface area contributed by atoms with Crippen LogP contribution in [-0.4, -0.2) is 39.6 Å². The van der Waals surface area contributed by atoms with Crippen LogP contribution in [0.5, 0.6) is 0 Å². The molecule has 5 aromatic rings. The topological polar surface area (TPSA) is 106 Å². The number of rotatable bonds is 8. The molecule has 3 heterocycles. The van der Waals surface area contributed by atoms with E-state index < -0.39 is 11.2 Å². The maximum absolute atomic E-state index is 11.6. The molecule has 0 spiro atoms. The van der Waals surface area contributed by atoms with Gasteiger partial charge in [-0.3, -0.25) is 14.0 Å². The van der Waals surface area contributed by atoms with Gasteiger partial charge >= 0.3 is 0 Å². The number of aromatic nitrogens is 6. The number of aliphatic hydroxyl groups is 2. The molecule has 0 bridgehead atoms. The quantitative estimate of drug-likeness (QED) is 0.185. The molecule has 0 amide bonds. The van der Waals surface area contributed by atoms with Crippen LogP contribution in [0.3, 0.4) is 0 Å². The predicted molar refractivity (Wildman–Crippen MR) is 163 cm³/mol. The minimum absolute atomic E-state index is 0.259. The summed E-state index contributed by atoms with van der Waals surface area (Å²) in [4.78, 5) is 0. The fourth-order valence-electron chi connectivity index (χ4n) is 5.22. The summed E-state index contributed by atoms with van der Waals surface area (Å²) in [6, 6.07) is 12.1. The van der Waals surface area contributed by atoms with Crippen LogP contribution in [0.2, 0.25) is 0 Å². The van der Waals surface area contributed by atoms with Crippen molar-refractivity contribution in [3.05, 3.63) is 63.1 Å². The minimum atomic E-state index is -1.16. The van der Waals surface area contributed by atoms with Gasteiger partial charge in [0.2, 0.25) is 0 Å². The Morgan fingerprint density at radius 1 is 0.897 bits per heavy atom. The third-order valence-corrected chi connectivity index (χ3v) is 8.58. The van der Waals surface area contributed by atoms with Crippen molar-refractivity contribution in [2.75, 3.05) is 5.32 Å². The second-order valence-corrected chi connectivity index (χ2v) is 12.2. The van der Waals surface area contributed by atoms with Crippen molar-refractivity contribution in [3.8, 4) is 0 Å². The first-order valence-corrected chi connectivity index (χ1v) is 14.2. The van der Waals surface area contributed by atoms with Crippen molar-refractivity contribution in [1.82, 2.24) is 29.3 Å². The van der Waals surface area contributed by atoms with Gasteiger partial charge in [-0.05, 0) is 105 Å². The van der Waals surface area contributed by atoms with Crippen LogP contribution in [-0.2, 0) is 25.3 Å². The Bertz CT molecular complexity index is 1680. The summed E-state index contributed by atoms with van der Waals surface area (Å²) in [5.41, 5.74) is 3.22. The van der Waals surface area contributed by atoms with Crippen molar-refractivity contribution >= 4 is 55.9 Å². The molecule has 0 aliphatic rings. The highest BCUT2D eigenvalue weighted by Crippen LogP contribution is 2.37. The van der Waals surface area contributed by atoms with E-state index in [0.717, 1.165) is 48.0 Å². The second kappa shape index (κ2) is 9.90. The number of hydrogen-bond donors (Lipinski definition) is 3. The van der Waals surface area contributed by atoms with Crippen molar-refractivity contribution in [2.24, 2.45) is 14.1 Å². The third kappa shape index (κ3) is 5.05. The number of halogens is 1. The van der Waals surface area contributed by atoms with Crippen LogP contribution in [0.1, 0.15) is 63.4 Å². The number of nitrogens with one attached hydrogen (secondary N) is 1. The van der Waals surface area contributed by atoms with Gasteiger partial charge in [-0.2, -0.15) is 15.3 Å². The van der Waals surface area contributed by atoms with E-state index in [-0.39, 0.29) is 6.04 Å². The molecule has 0 saturated heterocycles. The zero-order valence-corrected chi connectivity index (χ0v) is 25.6. The van der Waals surface area contributed by atoms with Crippen molar-refractivity contribution in [2.45, 2.75) is 64.7 Å². The summed E-state index contributed by atoms with van der Waals surface area (Å²) in [7, 11) is 3.83. The van der Waals surface area contributed by atoms with Crippen molar-refractivity contribution in [3.63, 3.8) is 0 Å². The molecular formula is C29H36IN7O2. The van der Waals surface area contributed by atoms with Gasteiger partial charge in [-0.1, -0.05) is 12.1 Å². The van der Waals surface area contributed by atoms with Crippen molar-refractivity contribution < 1.29 is 10.2 Å².